The van der Waals surface area contributed by atoms with E-state index in [0.717, 1.165) is 12.8 Å². The van der Waals surface area contributed by atoms with E-state index < -0.39 is 4.92 Å². The Bertz CT molecular complexity index is 495. The van der Waals surface area contributed by atoms with Crippen molar-refractivity contribution in [2.75, 3.05) is 18.5 Å². The second-order valence-electron chi connectivity index (χ2n) is 4.65. The Kier molecular flexibility index (Phi) is 6.47. The van der Waals surface area contributed by atoms with Crippen LogP contribution in [-0.2, 0) is 4.74 Å². The summed E-state index contributed by atoms with van der Waals surface area (Å²) in [7, 11) is 0. The van der Waals surface area contributed by atoms with Gasteiger partial charge in [-0.15, -0.1) is 0 Å². The van der Waals surface area contributed by atoms with Crippen LogP contribution in [0.2, 0.25) is 0 Å². The number of nitriles is 1. The lowest BCUT2D eigenvalue weighted by molar-refractivity contribution is -0.384. The van der Waals surface area contributed by atoms with Crippen LogP contribution in [0, 0.1) is 21.4 Å². The summed E-state index contributed by atoms with van der Waals surface area (Å²) in [6.45, 7) is 5.29. The highest BCUT2D eigenvalue weighted by atomic mass is 16.6. The minimum Gasteiger partial charge on any atom is -0.379 e. The van der Waals surface area contributed by atoms with E-state index in [4.69, 9.17) is 10.00 Å². The van der Waals surface area contributed by atoms with E-state index in [9.17, 15) is 10.1 Å². The zero-order chi connectivity index (χ0) is 15.0. The Morgan fingerprint density at radius 2 is 2.20 bits per heavy atom. The Morgan fingerprint density at radius 1 is 1.45 bits per heavy atom. The smallest absolute Gasteiger partial charge is 0.293 e. The maximum Gasteiger partial charge on any atom is 0.293 e. The minimum atomic E-state index is -0.481. The molecule has 1 N–H and O–H groups in total. The molecule has 1 aromatic carbocycles. The molecule has 0 aliphatic heterocycles. The van der Waals surface area contributed by atoms with Crippen molar-refractivity contribution < 1.29 is 9.66 Å². The maximum atomic E-state index is 10.9. The summed E-state index contributed by atoms with van der Waals surface area (Å²) in [5.74, 6) is 0. The van der Waals surface area contributed by atoms with Crippen LogP contribution in [0.15, 0.2) is 18.2 Å². The third kappa shape index (κ3) is 5.24. The van der Waals surface area contributed by atoms with Gasteiger partial charge >= 0.3 is 0 Å². The van der Waals surface area contributed by atoms with Gasteiger partial charge in [0, 0.05) is 19.2 Å². The van der Waals surface area contributed by atoms with Crippen molar-refractivity contribution in [1.29, 1.82) is 5.26 Å². The van der Waals surface area contributed by atoms with Gasteiger partial charge in [-0.05, 0) is 38.8 Å². The molecule has 0 amide bonds. The number of nitrogens with zero attached hydrogens (tertiary/aromatic N) is 2. The van der Waals surface area contributed by atoms with Crippen molar-refractivity contribution in [2.24, 2.45) is 0 Å². The monoisotopic (exact) mass is 277 g/mol. The first-order chi connectivity index (χ1) is 9.54. The molecule has 0 bridgehead atoms. The topological polar surface area (TPSA) is 88.2 Å². The van der Waals surface area contributed by atoms with E-state index >= 15 is 0 Å². The standard InChI is InChI=1S/C14H19N3O3/c1-11(2)20-8-4-3-7-16-13-6-5-12(10-15)9-14(13)17(18)19/h5-6,9,11,16H,3-4,7-8H2,1-2H3. The van der Waals surface area contributed by atoms with Crippen molar-refractivity contribution >= 4 is 11.4 Å². The number of unbranched alkanes of at least 4 members (excludes halogenated alkanes) is 1. The maximum absolute atomic E-state index is 10.9. The first-order valence-electron chi connectivity index (χ1n) is 6.58. The molecule has 0 aromatic heterocycles. The van der Waals surface area contributed by atoms with Crippen molar-refractivity contribution in [3.05, 3.63) is 33.9 Å². The van der Waals surface area contributed by atoms with Gasteiger partial charge in [-0.3, -0.25) is 10.1 Å². The van der Waals surface area contributed by atoms with Crippen molar-refractivity contribution in [3.63, 3.8) is 0 Å². The number of nitro benzene ring substituents is 1. The zero-order valence-corrected chi connectivity index (χ0v) is 11.8. The number of nitrogens with one attached hydrogen (secondary N) is 1. The second kappa shape index (κ2) is 8.12. The number of anilines is 1. The van der Waals surface area contributed by atoms with E-state index in [1.807, 2.05) is 19.9 Å². The van der Waals surface area contributed by atoms with Crippen LogP contribution in [0.25, 0.3) is 0 Å². The van der Waals surface area contributed by atoms with Crippen LogP contribution in [0.1, 0.15) is 32.3 Å². The van der Waals surface area contributed by atoms with Crippen molar-refractivity contribution in [3.8, 4) is 6.07 Å². The second-order valence-corrected chi connectivity index (χ2v) is 4.65. The molecule has 6 heteroatoms. The van der Waals surface area contributed by atoms with Gasteiger partial charge in [-0.2, -0.15) is 5.26 Å². The molecule has 0 heterocycles. The molecular weight excluding hydrogens is 258 g/mol. The summed E-state index contributed by atoms with van der Waals surface area (Å²) in [5, 5.41) is 22.7. The molecule has 0 aliphatic carbocycles. The highest BCUT2D eigenvalue weighted by Crippen LogP contribution is 2.25. The predicted octanol–water partition coefficient (Wildman–Crippen LogP) is 3.08. The molecule has 0 atom stereocenters. The Balaban J connectivity index is 2.48. The lowest BCUT2D eigenvalue weighted by atomic mass is 10.2. The molecular formula is C14H19N3O3. The van der Waals surface area contributed by atoms with Crippen LogP contribution in [0.5, 0.6) is 0 Å². The van der Waals surface area contributed by atoms with E-state index in [2.05, 4.69) is 5.32 Å². The predicted molar refractivity (Wildman–Crippen MR) is 76.6 cm³/mol. The van der Waals surface area contributed by atoms with E-state index in [1.165, 1.54) is 6.07 Å². The van der Waals surface area contributed by atoms with Gasteiger partial charge in [-0.25, -0.2) is 0 Å². The summed E-state index contributed by atoms with van der Waals surface area (Å²) >= 11 is 0. The minimum absolute atomic E-state index is 0.0671. The molecule has 0 spiro atoms. The summed E-state index contributed by atoms with van der Waals surface area (Å²) in [6, 6.07) is 6.31. The summed E-state index contributed by atoms with van der Waals surface area (Å²) in [6.07, 6.45) is 1.99. The first-order valence-corrected chi connectivity index (χ1v) is 6.58. The van der Waals surface area contributed by atoms with E-state index in [-0.39, 0.29) is 17.4 Å². The Hall–Kier alpha value is -2.13. The summed E-state index contributed by atoms with van der Waals surface area (Å²) in [5.41, 5.74) is 0.661. The highest BCUT2D eigenvalue weighted by molar-refractivity contribution is 5.63. The van der Waals surface area contributed by atoms with Crippen molar-refractivity contribution in [1.82, 2.24) is 0 Å². The number of benzene rings is 1. The fourth-order valence-corrected chi connectivity index (χ4v) is 1.67. The molecule has 0 radical (unpaired) electrons. The lowest BCUT2D eigenvalue weighted by Gasteiger charge is -2.09. The van der Waals surface area contributed by atoms with Gasteiger partial charge in [-0.1, -0.05) is 0 Å². The third-order valence-corrected chi connectivity index (χ3v) is 2.66. The van der Waals surface area contributed by atoms with Gasteiger partial charge in [0.15, 0.2) is 0 Å². The van der Waals surface area contributed by atoms with Crippen LogP contribution in [0.3, 0.4) is 0 Å². The largest absolute Gasteiger partial charge is 0.379 e. The number of hydrogen-bond donors (Lipinski definition) is 1. The van der Waals surface area contributed by atoms with Gasteiger partial charge in [0.05, 0.1) is 22.7 Å². The SMILES string of the molecule is CC(C)OCCCCNc1ccc(C#N)cc1[N+](=O)[O-]. The fourth-order valence-electron chi connectivity index (χ4n) is 1.67. The van der Waals surface area contributed by atoms with Gasteiger partial charge in [0.25, 0.3) is 5.69 Å². The normalized spacial score (nSPS) is 10.3. The molecule has 20 heavy (non-hydrogen) atoms. The van der Waals surface area contributed by atoms with Crippen LogP contribution in [0.4, 0.5) is 11.4 Å². The molecule has 0 aliphatic rings. The third-order valence-electron chi connectivity index (χ3n) is 2.66. The molecule has 0 fully saturated rings. The zero-order valence-electron chi connectivity index (χ0n) is 11.8. The molecule has 0 unspecified atom stereocenters. The van der Waals surface area contributed by atoms with E-state index in [0.29, 0.717) is 18.8 Å². The van der Waals surface area contributed by atoms with Crippen molar-refractivity contribution in [2.45, 2.75) is 32.8 Å². The fraction of sp³-hybridized carbons (Fsp3) is 0.500. The average Bonchev–Trinajstić information content (AvgIpc) is 2.42. The molecule has 108 valence electrons. The molecule has 1 aromatic rings. The lowest BCUT2D eigenvalue weighted by Crippen LogP contribution is -2.08. The highest BCUT2D eigenvalue weighted by Gasteiger charge is 2.13. The van der Waals surface area contributed by atoms with Gasteiger partial charge in [0.2, 0.25) is 0 Å². The number of ether oxygens (including phenoxy) is 1. The van der Waals surface area contributed by atoms with E-state index in [1.54, 1.807) is 12.1 Å². The Morgan fingerprint density at radius 3 is 2.80 bits per heavy atom. The molecule has 1 rings (SSSR count). The molecule has 6 nitrogen and oxygen atoms in total. The summed E-state index contributed by atoms with van der Waals surface area (Å²) < 4.78 is 5.41. The first kappa shape index (κ1) is 15.9. The van der Waals surface area contributed by atoms with Gasteiger partial charge in [0.1, 0.15) is 5.69 Å². The van der Waals surface area contributed by atoms with Crippen LogP contribution >= 0.6 is 0 Å². The Labute approximate surface area is 118 Å². The van der Waals surface area contributed by atoms with Crippen LogP contribution in [-0.4, -0.2) is 24.2 Å². The van der Waals surface area contributed by atoms with Gasteiger partial charge < -0.3 is 10.1 Å². The average molecular weight is 277 g/mol. The van der Waals surface area contributed by atoms with Crippen LogP contribution < -0.4 is 5.32 Å². The summed E-state index contributed by atoms with van der Waals surface area (Å²) in [4.78, 5) is 10.5. The molecule has 0 saturated carbocycles. The molecule has 0 saturated heterocycles. The quantitative estimate of drug-likeness (QED) is 0.448. The number of nitro groups is 1. The number of rotatable bonds is 8. The number of hydrogen-bond acceptors (Lipinski definition) is 5.